The van der Waals surface area contributed by atoms with Crippen molar-refractivity contribution in [2.75, 3.05) is 16.8 Å². The van der Waals surface area contributed by atoms with Gasteiger partial charge in [-0.2, -0.15) is 0 Å². The molecule has 0 bridgehead atoms. The summed E-state index contributed by atoms with van der Waals surface area (Å²) < 4.78 is 1.57. The highest BCUT2D eigenvalue weighted by Crippen LogP contribution is 2.31. The van der Waals surface area contributed by atoms with Crippen LogP contribution in [0.5, 0.6) is 0 Å². The van der Waals surface area contributed by atoms with Gasteiger partial charge in [0.1, 0.15) is 0 Å². The fourth-order valence-corrected chi connectivity index (χ4v) is 4.40. The Morgan fingerprint density at radius 2 is 1.67 bits per heavy atom. The number of rotatable bonds is 9. The summed E-state index contributed by atoms with van der Waals surface area (Å²) in [5.41, 5.74) is 4.05. The number of carboxylic acid groups (broad SMARTS) is 1. The summed E-state index contributed by atoms with van der Waals surface area (Å²) in [5, 5.41) is 12.2. The van der Waals surface area contributed by atoms with Crippen molar-refractivity contribution >= 4 is 29.1 Å². The summed E-state index contributed by atoms with van der Waals surface area (Å²) in [6, 6.07) is 21.1. The number of aromatic nitrogens is 2. The monoisotopic (exact) mass is 524 g/mol. The minimum Gasteiger partial charge on any atom is -0.478 e. The van der Waals surface area contributed by atoms with Gasteiger partial charge in [0.25, 0.3) is 11.5 Å². The van der Waals surface area contributed by atoms with E-state index in [0.717, 1.165) is 16.8 Å². The van der Waals surface area contributed by atoms with Gasteiger partial charge in [-0.25, -0.2) is 9.78 Å². The van der Waals surface area contributed by atoms with E-state index in [1.165, 1.54) is 12.1 Å². The second kappa shape index (κ2) is 11.8. The number of carboxylic acids is 1. The van der Waals surface area contributed by atoms with Crippen LogP contribution in [0.1, 0.15) is 47.1 Å². The van der Waals surface area contributed by atoms with E-state index in [1.807, 2.05) is 62.4 Å². The van der Waals surface area contributed by atoms with E-state index in [0.29, 0.717) is 30.0 Å². The summed E-state index contributed by atoms with van der Waals surface area (Å²) in [6.07, 6.45) is 1.72. The van der Waals surface area contributed by atoms with Crippen molar-refractivity contribution in [1.29, 1.82) is 0 Å². The molecule has 0 atom stereocenters. The number of hydrogen-bond acceptors (Lipinski definition) is 5. The van der Waals surface area contributed by atoms with Gasteiger partial charge in [-0.1, -0.05) is 44.2 Å². The predicted octanol–water partition coefficient (Wildman–Crippen LogP) is 5.98. The van der Waals surface area contributed by atoms with E-state index < -0.39 is 5.97 Å². The molecule has 0 unspecified atom stereocenters. The third-order valence-corrected chi connectivity index (χ3v) is 6.39. The molecule has 0 fully saturated rings. The molecule has 0 radical (unpaired) electrons. The first-order chi connectivity index (χ1) is 18.7. The molecule has 1 amide bonds. The molecule has 0 aliphatic heterocycles. The molecule has 4 rings (SSSR count). The number of aryl methyl sites for hydroxylation is 1. The van der Waals surface area contributed by atoms with Gasteiger partial charge in [-0.05, 0) is 67.8 Å². The Balaban J connectivity index is 1.77. The van der Waals surface area contributed by atoms with Crippen molar-refractivity contribution in [2.24, 2.45) is 5.92 Å². The maximum atomic E-state index is 13.6. The number of nitrogens with one attached hydrogen (secondary N) is 1. The van der Waals surface area contributed by atoms with Crippen molar-refractivity contribution in [3.8, 4) is 11.3 Å². The first kappa shape index (κ1) is 27.3. The third kappa shape index (κ3) is 6.06. The number of anilines is 3. The molecule has 0 spiro atoms. The Hall–Kier alpha value is -4.72. The van der Waals surface area contributed by atoms with Crippen LogP contribution in [0.2, 0.25) is 0 Å². The molecule has 2 N–H and O–H groups in total. The second-order valence-electron chi connectivity index (χ2n) is 9.70. The molecule has 4 aromatic rings. The molecule has 1 heterocycles. The van der Waals surface area contributed by atoms with Crippen LogP contribution < -0.4 is 15.8 Å². The van der Waals surface area contributed by atoms with Crippen molar-refractivity contribution in [3.63, 3.8) is 0 Å². The first-order valence-corrected chi connectivity index (χ1v) is 12.9. The number of carbonyl (C=O) groups excluding carboxylic acids is 1. The van der Waals surface area contributed by atoms with Crippen LogP contribution >= 0.6 is 0 Å². The van der Waals surface area contributed by atoms with Crippen molar-refractivity contribution in [1.82, 2.24) is 9.55 Å². The van der Waals surface area contributed by atoms with Gasteiger partial charge in [-0.3, -0.25) is 9.59 Å². The van der Waals surface area contributed by atoms with Crippen LogP contribution in [0.25, 0.3) is 11.3 Å². The number of hydrogen-bond donors (Lipinski definition) is 2. The third-order valence-electron chi connectivity index (χ3n) is 6.39. The Labute approximate surface area is 227 Å². The Morgan fingerprint density at radius 3 is 2.28 bits per heavy atom. The normalized spacial score (nSPS) is 10.9. The lowest BCUT2D eigenvalue weighted by Crippen LogP contribution is -2.34. The summed E-state index contributed by atoms with van der Waals surface area (Å²) >= 11 is 0. The highest BCUT2D eigenvalue weighted by Gasteiger charge is 2.22. The second-order valence-corrected chi connectivity index (χ2v) is 9.70. The number of benzene rings is 3. The average molecular weight is 525 g/mol. The molecule has 0 saturated carbocycles. The molecule has 0 aliphatic carbocycles. The van der Waals surface area contributed by atoms with Crippen LogP contribution in [-0.2, 0) is 6.54 Å². The standard InChI is InChI=1S/C31H32N4O4/c1-5-34-19-26(33-28(30(34)37)32-24-16-14-23(15-17-24)31(38)39)25-12-9-13-27(21(25)4)35(18-20(2)3)29(36)22-10-7-6-8-11-22/h6-17,19-20H,5,18H2,1-4H3,(H,32,33)(H,38,39). The predicted molar refractivity (Wildman–Crippen MR) is 154 cm³/mol. The van der Waals surface area contributed by atoms with E-state index >= 15 is 0 Å². The molecule has 1 aromatic heterocycles. The Bertz CT molecular complexity index is 1540. The quantitative estimate of drug-likeness (QED) is 0.279. The lowest BCUT2D eigenvalue weighted by atomic mass is 10.0. The zero-order valence-corrected chi connectivity index (χ0v) is 22.5. The molecule has 8 heteroatoms. The summed E-state index contributed by atoms with van der Waals surface area (Å²) in [6.45, 7) is 8.96. The van der Waals surface area contributed by atoms with E-state index in [-0.39, 0.29) is 28.8 Å². The number of carbonyl (C=O) groups is 2. The maximum absolute atomic E-state index is 13.6. The lowest BCUT2D eigenvalue weighted by molar-refractivity contribution is 0.0696. The lowest BCUT2D eigenvalue weighted by Gasteiger charge is -2.27. The fourth-order valence-electron chi connectivity index (χ4n) is 4.40. The van der Waals surface area contributed by atoms with Gasteiger partial charge < -0.3 is 19.9 Å². The Morgan fingerprint density at radius 1 is 0.974 bits per heavy atom. The van der Waals surface area contributed by atoms with Gasteiger partial charge in [0.2, 0.25) is 0 Å². The van der Waals surface area contributed by atoms with Crippen molar-refractivity contribution < 1.29 is 14.7 Å². The first-order valence-electron chi connectivity index (χ1n) is 12.9. The number of nitrogens with zero attached hydrogens (tertiary/aromatic N) is 3. The van der Waals surface area contributed by atoms with Gasteiger partial charge in [0.15, 0.2) is 5.82 Å². The summed E-state index contributed by atoms with van der Waals surface area (Å²) in [4.78, 5) is 44.3. The van der Waals surface area contributed by atoms with Crippen molar-refractivity contribution in [2.45, 2.75) is 34.2 Å². The highest BCUT2D eigenvalue weighted by molar-refractivity contribution is 6.07. The molecule has 39 heavy (non-hydrogen) atoms. The summed E-state index contributed by atoms with van der Waals surface area (Å²) in [5.74, 6) is -0.739. The van der Waals surface area contributed by atoms with E-state index in [9.17, 15) is 14.4 Å². The molecule has 3 aromatic carbocycles. The SMILES string of the molecule is CCn1cc(-c2cccc(N(CC(C)C)C(=O)c3ccccc3)c2C)nc(Nc2ccc(C(=O)O)cc2)c1=O. The molecule has 200 valence electrons. The topological polar surface area (TPSA) is 105 Å². The molecule has 0 aliphatic rings. The molecule has 0 saturated heterocycles. The van der Waals surface area contributed by atoms with Gasteiger partial charge in [0, 0.05) is 41.8 Å². The van der Waals surface area contributed by atoms with E-state index in [4.69, 9.17) is 5.11 Å². The maximum Gasteiger partial charge on any atom is 0.335 e. The smallest absolute Gasteiger partial charge is 0.335 e. The molecular weight excluding hydrogens is 492 g/mol. The zero-order chi connectivity index (χ0) is 28.1. The van der Waals surface area contributed by atoms with Crippen LogP contribution in [0, 0.1) is 12.8 Å². The van der Waals surface area contributed by atoms with Gasteiger partial charge in [-0.15, -0.1) is 0 Å². The van der Waals surface area contributed by atoms with Crippen LogP contribution in [-0.4, -0.2) is 33.1 Å². The average Bonchev–Trinajstić information content (AvgIpc) is 2.93. The fraction of sp³-hybridized carbons (Fsp3) is 0.226. The molecule has 8 nitrogen and oxygen atoms in total. The van der Waals surface area contributed by atoms with Crippen molar-refractivity contribution in [3.05, 3.63) is 106 Å². The number of aromatic carboxylic acids is 1. The molecular formula is C31H32N4O4. The zero-order valence-electron chi connectivity index (χ0n) is 22.5. The van der Waals surface area contributed by atoms with E-state index in [2.05, 4.69) is 24.1 Å². The van der Waals surface area contributed by atoms with Crippen LogP contribution in [0.4, 0.5) is 17.2 Å². The van der Waals surface area contributed by atoms with Gasteiger partial charge >= 0.3 is 5.97 Å². The Kier molecular flexibility index (Phi) is 8.24. The van der Waals surface area contributed by atoms with Gasteiger partial charge in [0.05, 0.1) is 11.3 Å². The minimum absolute atomic E-state index is 0.0804. The highest BCUT2D eigenvalue weighted by atomic mass is 16.4. The van der Waals surface area contributed by atoms with E-state index in [1.54, 1.807) is 27.8 Å². The van der Waals surface area contributed by atoms with Crippen LogP contribution in [0.3, 0.4) is 0 Å². The largest absolute Gasteiger partial charge is 0.478 e. The summed E-state index contributed by atoms with van der Waals surface area (Å²) in [7, 11) is 0. The number of amides is 1. The minimum atomic E-state index is -1.03. The van der Waals surface area contributed by atoms with Crippen LogP contribution in [0.15, 0.2) is 83.8 Å².